The predicted octanol–water partition coefficient (Wildman–Crippen LogP) is 6.09. The zero-order valence-corrected chi connectivity index (χ0v) is 28.5. The molecule has 0 unspecified atom stereocenters. The van der Waals surface area contributed by atoms with Crippen molar-refractivity contribution in [2.45, 2.75) is 70.2 Å². The van der Waals surface area contributed by atoms with Crippen molar-refractivity contribution in [3.63, 3.8) is 0 Å². The molecule has 11 nitrogen and oxygen atoms in total. The van der Waals surface area contributed by atoms with Crippen LogP contribution in [0.25, 0.3) is 12.2 Å². The molecule has 1 heterocycles. The van der Waals surface area contributed by atoms with Gasteiger partial charge in [0.1, 0.15) is 17.9 Å². The van der Waals surface area contributed by atoms with Crippen molar-refractivity contribution < 1.29 is 38.5 Å². The molecule has 12 heteroatoms. The average Bonchev–Trinajstić information content (AvgIpc) is 2.99. The first-order valence-corrected chi connectivity index (χ1v) is 16.1. The van der Waals surface area contributed by atoms with E-state index < -0.39 is 35.2 Å². The second kappa shape index (κ2) is 15.6. The predicted molar refractivity (Wildman–Crippen MR) is 178 cm³/mol. The van der Waals surface area contributed by atoms with Crippen LogP contribution in [0.3, 0.4) is 0 Å². The smallest absolute Gasteiger partial charge is 0.408 e. The molecule has 1 saturated heterocycles. The van der Waals surface area contributed by atoms with Crippen LogP contribution >= 0.6 is 11.8 Å². The standard InChI is InChI=1S/C33H47N3O8S/c1-32(2)19-23(20-33(3,4)36(32)39)44-31(38)35-24(14-15-45-9)30(37)34-25-16-21(12-13-26(25)40-5)10-11-22-17-27(41-6)29(43-8)28(18-22)42-7/h10-13,16-18,23-24,39H,14-15,19-20H2,1-9H3,(H,34,37)(H,35,38)/b11-10-/t24-/m0/s1. The Morgan fingerprint density at radius 2 is 1.51 bits per heavy atom. The minimum atomic E-state index is -0.841. The van der Waals surface area contributed by atoms with Crippen molar-refractivity contribution in [2.75, 3.05) is 45.8 Å². The number of ether oxygens (including phenoxy) is 5. The van der Waals surface area contributed by atoms with Crippen LogP contribution < -0.4 is 29.6 Å². The van der Waals surface area contributed by atoms with E-state index in [2.05, 4.69) is 10.6 Å². The van der Waals surface area contributed by atoms with E-state index in [1.807, 2.05) is 64.3 Å². The largest absolute Gasteiger partial charge is 0.495 e. The number of alkyl carbamates (subject to hydrolysis) is 1. The lowest BCUT2D eigenvalue weighted by Crippen LogP contribution is -2.61. The van der Waals surface area contributed by atoms with Crippen LogP contribution in [0.4, 0.5) is 10.5 Å². The third kappa shape index (κ3) is 9.21. The summed E-state index contributed by atoms with van der Waals surface area (Å²) in [5.41, 5.74) is 0.918. The van der Waals surface area contributed by atoms with Gasteiger partial charge in [0.15, 0.2) is 11.5 Å². The Morgan fingerprint density at radius 1 is 0.933 bits per heavy atom. The van der Waals surface area contributed by atoms with E-state index in [1.165, 1.54) is 12.2 Å². The van der Waals surface area contributed by atoms with Crippen LogP contribution in [-0.2, 0) is 9.53 Å². The molecule has 2 amide bonds. The van der Waals surface area contributed by atoms with Gasteiger partial charge in [-0.2, -0.15) is 16.8 Å². The minimum Gasteiger partial charge on any atom is -0.495 e. The number of nitrogens with zero attached hydrogens (tertiary/aromatic N) is 1. The number of nitrogens with one attached hydrogen (secondary N) is 2. The molecule has 1 fully saturated rings. The van der Waals surface area contributed by atoms with Gasteiger partial charge in [-0.15, -0.1) is 0 Å². The highest BCUT2D eigenvalue weighted by molar-refractivity contribution is 7.98. The van der Waals surface area contributed by atoms with Gasteiger partial charge in [-0.25, -0.2) is 4.79 Å². The summed E-state index contributed by atoms with van der Waals surface area (Å²) in [6.07, 6.45) is 5.93. The molecule has 3 rings (SSSR count). The number of benzene rings is 2. The fraction of sp³-hybridized carbons (Fsp3) is 0.515. The number of piperidine rings is 1. The van der Waals surface area contributed by atoms with Crippen molar-refractivity contribution in [1.82, 2.24) is 10.4 Å². The molecule has 3 N–H and O–H groups in total. The summed E-state index contributed by atoms with van der Waals surface area (Å²) in [7, 11) is 6.20. The maximum absolute atomic E-state index is 13.5. The molecular formula is C33H47N3O8S. The van der Waals surface area contributed by atoms with Crippen LogP contribution in [0.15, 0.2) is 30.3 Å². The first-order chi connectivity index (χ1) is 21.3. The number of hydrogen-bond acceptors (Lipinski definition) is 10. The van der Waals surface area contributed by atoms with E-state index in [0.29, 0.717) is 53.7 Å². The lowest BCUT2D eigenvalue weighted by Gasteiger charge is -2.50. The van der Waals surface area contributed by atoms with Crippen LogP contribution in [0.2, 0.25) is 0 Å². The quantitative estimate of drug-likeness (QED) is 0.220. The van der Waals surface area contributed by atoms with Crippen molar-refractivity contribution >= 4 is 41.6 Å². The summed E-state index contributed by atoms with van der Waals surface area (Å²) < 4.78 is 27.6. The summed E-state index contributed by atoms with van der Waals surface area (Å²) in [4.78, 5) is 26.5. The fourth-order valence-electron chi connectivity index (χ4n) is 5.63. The van der Waals surface area contributed by atoms with Gasteiger partial charge in [-0.3, -0.25) is 4.79 Å². The van der Waals surface area contributed by atoms with Crippen molar-refractivity contribution in [1.29, 1.82) is 0 Å². The zero-order valence-electron chi connectivity index (χ0n) is 27.7. The Kier molecular flexibility index (Phi) is 12.4. The van der Waals surface area contributed by atoms with E-state index >= 15 is 0 Å². The molecule has 0 saturated carbocycles. The maximum atomic E-state index is 13.5. The summed E-state index contributed by atoms with van der Waals surface area (Å²) >= 11 is 1.57. The van der Waals surface area contributed by atoms with Crippen molar-refractivity contribution in [3.05, 3.63) is 41.5 Å². The number of anilines is 1. The topological polar surface area (TPSA) is 128 Å². The Hall–Kier alpha value is -3.61. The average molecular weight is 646 g/mol. The number of hydrogen-bond donors (Lipinski definition) is 3. The van der Waals surface area contributed by atoms with Crippen LogP contribution in [-0.4, -0.2) is 85.9 Å². The molecular weight excluding hydrogens is 598 g/mol. The second-order valence-electron chi connectivity index (χ2n) is 12.1. The molecule has 0 aliphatic carbocycles. The highest BCUT2D eigenvalue weighted by Gasteiger charge is 2.46. The number of rotatable bonds is 13. The van der Waals surface area contributed by atoms with Crippen molar-refractivity contribution in [2.24, 2.45) is 0 Å². The monoisotopic (exact) mass is 645 g/mol. The number of methoxy groups -OCH3 is 4. The van der Waals surface area contributed by atoms with Gasteiger partial charge in [0.2, 0.25) is 11.7 Å². The fourth-order valence-corrected chi connectivity index (χ4v) is 6.10. The summed E-state index contributed by atoms with van der Waals surface area (Å²) in [5, 5.41) is 17.6. The Labute approximate surface area is 270 Å². The van der Waals surface area contributed by atoms with Gasteiger partial charge in [0.25, 0.3) is 0 Å². The summed E-state index contributed by atoms with van der Waals surface area (Å²) in [5.74, 6) is 2.30. The zero-order chi connectivity index (χ0) is 33.4. The van der Waals surface area contributed by atoms with Gasteiger partial charge in [-0.05, 0) is 81.5 Å². The van der Waals surface area contributed by atoms with E-state index in [-0.39, 0.29) is 0 Å². The Balaban J connectivity index is 1.77. The molecule has 0 spiro atoms. The summed E-state index contributed by atoms with van der Waals surface area (Å²) in [6.45, 7) is 7.60. The van der Waals surface area contributed by atoms with Crippen LogP contribution in [0.5, 0.6) is 23.0 Å². The third-order valence-corrected chi connectivity index (χ3v) is 8.37. The molecule has 1 atom stereocenters. The lowest BCUT2D eigenvalue weighted by molar-refractivity contribution is -0.256. The molecule has 0 radical (unpaired) electrons. The van der Waals surface area contributed by atoms with E-state index in [4.69, 9.17) is 23.7 Å². The molecule has 0 bridgehead atoms. The van der Waals surface area contributed by atoms with E-state index in [9.17, 15) is 14.8 Å². The van der Waals surface area contributed by atoms with Crippen molar-refractivity contribution in [3.8, 4) is 23.0 Å². The first kappa shape index (κ1) is 35.9. The normalized spacial score (nSPS) is 16.9. The van der Waals surface area contributed by atoms with Crippen LogP contribution in [0.1, 0.15) is 58.1 Å². The van der Waals surface area contributed by atoms with Gasteiger partial charge in [0.05, 0.1) is 34.1 Å². The van der Waals surface area contributed by atoms with E-state index in [1.54, 1.807) is 45.2 Å². The molecule has 1 aliphatic heterocycles. The number of hydroxylamine groups is 2. The highest BCUT2D eigenvalue weighted by Crippen LogP contribution is 2.39. The molecule has 0 aromatic heterocycles. The second-order valence-corrected chi connectivity index (χ2v) is 13.1. The SMILES string of the molecule is COc1ccc(/C=C\c2cc(OC)c(OC)c(OC)c2)cc1NC(=O)[C@H](CCSC)NC(=O)OC1CC(C)(C)N(O)C(C)(C)C1. The molecule has 248 valence electrons. The number of amides is 2. The first-order valence-electron chi connectivity index (χ1n) is 14.7. The Morgan fingerprint density at radius 3 is 2.04 bits per heavy atom. The Bertz CT molecular complexity index is 1320. The van der Waals surface area contributed by atoms with Crippen LogP contribution in [0, 0.1) is 0 Å². The highest BCUT2D eigenvalue weighted by atomic mass is 32.2. The number of carbonyl (C=O) groups is 2. The molecule has 45 heavy (non-hydrogen) atoms. The van der Waals surface area contributed by atoms with Gasteiger partial charge >= 0.3 is 6.09 Å². The molecule has 2 aromatic rings. The third-order valence-electron chi connectivity index (χ3n) is 7.73. The molecule has 1 aliphatic rings. The number of thioether (sulfide) groups is 1. The minimum absolute atomic E-state index is 0.393. The molecule has 2 aromatic carbocycles. The summed E-state index contributed by atoms with van der Waals surface area (Å²) in [6, 6.07) is 8.25. The van der Waals surface area contributed by atoms with Gasteiger partial charge in [-0.1, -0.05) is 18.2 Å². The van der Waals surface area contributed by atoms with Gasteiger partial charge < -0.3 is 39.5 Å². The van der Waals surface area contributed by atoms with Gasteiger partial charge in [0, 0.05) is 23.9 Å². The number of carbonyl (C=O) groups excluding carboxylic acids is 2. The lowest BCUT2D eigenvalue weighted by atomic mass is 9.80. The van der Waals surface area contributed by atoms with E-state index in [0.717, 1.165) is 11.1 Å². The maximum Gasteiger partial charge on any atom is 0.408 e.